The number of hydrogen-bond donors (Lipinski definition) is 0. The molecule has 204 valence electrons. The zero-order chi connectivity index (χ0) is 27.8. The monoisotopic (exact) mass is 570 g/mol. The van der Waals surface area contributed by atoms with E-state index in [1.807, 2.05) is 0 Å². The number of nitrogens with zero attached hydrogens (tertiary/aromatic N) is 2. The average Bonchev–Trinajstić information content (AvgIpc) is 2.88. The van der Waals surface area contributed by atoms with E-state index in [2.05, 4.69) is 0 Å². The number of sulfonamides is 2. The van der Waals surface area contributed by atoms with Crippen molar-refractivity contribution >= 4 is 25.7 Å². The second kappa shape index (κ2) is 10.5. The Morgan fingerprint density at radius 1 is 0.974 bits per heavy atom. The quantitative estimate of drug-likeness (QED) is 0.406. The van der Waals surface area contributed by atoms with Crippen molar-refractivity contribution in [2.75, 3.05) is 37.8 Å². The van der Waals surface area contributed by atoms with Gasteiger partial charge in [0, 0.05) is 32.1 Å². The molecule has 38 heavy (non-hydrogen) atoms. The Kier molecular flexibility index (Phi) is 7.64. The second-order valence-corrected chi connectivity index (χ2v) is 12.9. The Labute approximate surface area is 219 Å². The van der Waals surface area contributed by atoms with Crippen molar-refractivity contribution in [3.63, 3.8) is 0 Å². The van der Waals surface area contributed by atoms with E-state index in [9.17, 15) is 30.0 Å². The predicted molar refractivity (Wildman–Crippen MR) is 136 cm³/mol. The van der Waals surface area contributed by atoms with Crippen molar-refractivity contribution in [3.8, 4) is 22.6 Å². The smallest absolute Gasteiger partial charge is 0.264 e. The first kappa shape index (κ1) is 27.7. The van der Waals surface area contributed by atoms with Crippen LogP contribution in [0, 0.1) is 17.5 Å². The average molecular weight is 571 g/mol. The van der Waals surface area contributed by atoms with E-state index in [4.69, 9.17) is 9.47 Å². The maximum atomic E-state index is 14.5. The third kappa shape index (κ3) is 5.45. The molecule has 13 heteroatoms. The van der Waals surface area contributed by atoms with Crippen LogP contribution in [0.4, 0.5) is 18.9 Å². The fourth-order valence-corrected chi connectivity index (χ4v) is 6.41. The van der Waals surface area contributed by atoms with Crippen LogP contribution in [0.2, 0.25) is 0 Å². The summed E-state index contributed by atoms with van der Waals surface area (Å²) in [4.78, 5) is -0.286. The van der Waals surface area contributed by atoms with Gasteiger partial charge in [0.1, 0.15) is 23.5 Å². The van der Waals surface area contributed by atoms with E-state index >= 15 is 0 Å². The highest BCUT2D eigenvalue weighted by molar-refractivity contribution is 7.92. The third-order valence-corrected chi connectivity index (χ3v) is 9.73. The maximum Gasteiger partial charge on any atom is 0.264 e. The normalized spacial score (nSPS) is 15.8. The molecule has 3 aromatic carbocycles. The topological polar surface area (TPSA) is 93.2 Å². The molecular weight excluding hydrogens is 545 g/mol. The largest absolute Gasteiger partial charge is 0.494 e. The summed E-state index contributed by atoms with van der Waals surface area (Å²) in [5.41, 5.74) is 0.129. The second-order valence-electron chi connectivity index (χ2n) is 8.77. The summed E-state index contributed by atoms with van der Waals surface area (Å²) in [5, 5.41) is 0. The highest BCUT2D eigenvalue weighted by Crippen LogP contribution is 2.41. The van der Waals surface area contributed by atoms with Crippen LogP contribution in [0.5, 0.6) is 11.5 Å². The molecule has 0 N–H and O–H groups in total. The van der Waals surface area contributed by atoms with Crippen LogP contribution in [0.15, 0.2) is 59.5 Å². The molecule has 0 aromatic heterocycles. The predicted octanol–water partition coefficient (Wildman–Crippen LogP) is 4.02. The number of halogens is 3. The lowest BCUT2D eigenvalue weighted by Crippen LogP contribution is -2.44. The van der Waals surface area contributed by atoms with Gasteiger partial charge in [0.25, 0.3) is 10.0 Å². The van der Waals surface area contributed by atoms with Gasteiger partial charge in [-0.3, -0.25) is 4.31 Å². The molecule has 3 aromatic rings. The number of anilines is 1. The van der Waals surface area contributed by atoms with Gasteiger partial charge in [-0.25, -0.2) is 34.3 Å². The fraction of sp³-hybridized carbons (Fsp3) is 0.280. The van der Waals surface area contributed by atoms with Crippen LogP contribution >= 0.6 is 0 Å². The van der Waals surface area contributed by atoms with Gasteiger partial charge in [0.2, 0.25) is 10.0 Å². The van der Waals surface area contributed by atoms with Crippen molar-refractivity contribution in [2.45, 2.75) is 17.4 Å². The van der Waals surface area contributed by atoms with Gasteiger partial charge >= 0.3 is 0 Å². The molecule has 1 aliphatic rings. The number of ether oxygens (including phenoxy) is 2. The molecule has 1 heterocycles. The van der Waals surface area contributed by atoms with Crippen molar-refractivity contribution in [2.24, 2.45) is 0 Å². The number of hydrogen-bond acceptors (Lipinski definition) is 6. The molecule has 0 unspecified atom stereocenters. The fourth-order valence-electron chi connectivity index (χ4n) is 3.97. The van der Waals surface area contributed by atoms with Crippen molar-refractivity contribution in [3.05, 3.63) is 72.0 Å². The van der Waals surface area contributed by atoms with Crippen LogP contribution < -0.4 is 13.8 Å². The lowest BCUT2D eigenvalue weighted by atomic mass is 10.0. The maximum absolute atomic E-state index is 14.5. The molecular formula is C25H25F3N2O6S2. The number of benzene rings is 3. The molecule has 4 rings (SSSR count). The van der Waals surface area contributed by atoms with Gasteiger partial charge < -0.3 is 9.47 Å². The van der Waals surface area contributed by atoms with Gasteiger partial charge in [-0.05, 0) is 48.0 Å². The first-order valence-electron chi connectivity index (χ1n) is 11.4. The molecule has 0 spiro atoms. The van der Waals surface area contributed by atoms with Gasteiger partial charge in [-0.15, -0.1) is 0 Å². The Hall–Kier alpha value is -3.29. The number of rotatable bonds is 8. The molecule has 1 atom stereocenters. The van der Waals surface area contributed by atoms with Crippen molar-refractivity contribution in [1.82, 2.24) is 4.31 Å². The van der Waals surface area contributed by atoms with E-state index in [1.54, 1.807) is 0 Å². The van der Waals surface area contributed by atoms with E-state index in [1.165, 1.54) is 39.4 Å². The highest BCUT2D eigenvalue weighted by atomic mass is 32.2. The zero-order valence-corrected chi connectivity index (χ0v) is 22.3. The Morgan fingerprint density at radius 2 is 1.68 bits per heavy atom. The molecule has 0 amide bonds. The standard InChI is InChI=1S/C25H25F3N2O6S2/c1-29(2)37(31,32)11-10-18-15-30(38(33,34)19-6-8-22(28)25(14-19)35-3)23-12-16(4-9-24(23)36-18)20-13-17(26)5-7-21(20)27/h4-9,12-14,18H,10-11,15H2,1-3H3/t18-/m0/s1. The third-order valence-electron chi connectivity index (χ3n) is 6.09. The zero-order valence-electron chi connectivity index (χ0n) is 20.7. The minimum absolute atomic E-state index is 0.0288. The van der Waals surface area contributed by atoms with Crippen LogP contribution in [0.25, 0.3) is 11.1 Å². The first-order chi connectivity index (χ1) is 17.8. The Balaban J connectivity index is 1.81. The van der Waals surface area contributed by atoms with E-state index in [0.29, 0.717) is 0 Å². The van der Waals surface area contributed by atoms with Crippen molar-refractivity contribution in [1.29, 1.82) is 0 Å². The SMILES string of the molecule is COc1cc(S(=O)(=O)N2C[C@H](CCS(=O)(=O)N(C)C)Oc3ccc(-c4cc(F)ccc4F)cc32)ccc1F. The minimum atomic E-state index is -4.37. The summed E-state index contributed by atoms with van der Waals surface area (Å²) in [6.45, 7) is -0.285. The van der Waals surface area contributed by atoms with Gasteiger partial charge in [0.15, 0.2) is 11.6 Å². The lowest BCUT2D eigenvalue weighted by molar-refractivity contribution is 0.196. The molecule has 0 fully saturated rings. The first-order valence-corrected chi connectivity index (χ1v) is 14.4. The summed E-state index contributed by atoms with van der Waals surface area (Å²) >= 11 is 0. The van der Waals surface area contributed by atoms with Gasteiger partial charge in [0.05, 0.1) is 30.0 Å². The molecule has 1 aliphatic heterocycles. The van der Waals surface area contributed by atoms with Crippen LogP contribution in [-0.2, 0) is 20.0 Å². The van der Waals surface area contributed by atoms with Crippen molar-refractivity contribution < 1.29 is 39.5 Å². The molecule has 0 radical (unpaired) electrons. The molecule has 0 saturated heterocycles. The summed E-state index contributed by atoms with van der Waals surface area (Å²) in [6.07, 6.45) is -0.884. The Bertz CT molecular complexity index is 1580. The summed E-state index contributed by atoms with van der Waals surface area (Å²) < 4.78 is 107. The number of methoxy groups -OCH3 is 1. The van der Waals surface area contributed by atoms with Gasteiger partial charge in [-0.1, -0.05) is 6.07 Å². The van der Waals surface area contributed by atoms with Crippen LogP contribution in [0.3, 0.4) is 0 Å². The summed E-state index contributed by atoms with van der Waals surface area (Å²) in [6, 6.07) is 10.2. The molecule has 0 bridgehead atoms. The lowest BCUT2D eigenvalue weighted by Gasteiger charge is -2.36. The molecule has 0 saturated carbocycles. The molecule has 8 nitrogen and oxygen atoms in total. The molecule has 0 aliphatic carbocycles. The number of fused-ring (bicyclic) bond motifs is 1. The summed E-state index contributed by atoms with van der Waals surface area (Å²) in [5.74, 6) is -2.65. The van der Waals surface area contributed by atoms with Crippen LogP contribution in [0.1, 0.15) is 6.42 Å². The highest BCUT2D eigenvalue weighted by Gasteiger charge is 2.36. The van der Waals surface area contributed by atoms with E-state index in [0.717, 1.165) is 45.0 Å². The van der Waals surface area contributed by atoms with E-state index in [-0.39, 0.29) is 51.9 Å². The summed E-state index contributed by atoms with van der Waals surface area (Å²) in [7, 11) is -3.99. The van der Waals surface area contributed by atoms with Crippen LogP contribution in [-0.4, -0.2) is 60.7 Å². The Morgan fingerprint density at radius 3 is 2.37 bits per heavy atom. The minimum Gasteiger partial charge on any atom is -0.494 e. The van der Waals surface area contributed by atoms with Gasteiger partial charge in [-0.2, -0.15) is 0 Å². The van der Waals surface area contributed by atoms with E-state index < -0.39 is 43.6 Å².